The van der Waals surface area contributed by atoms with Crippen molar-refractivity contribution >= 4 is 21.9 Å². The maximum absolute atomic E-state index is 11.3. The van der Waals surface area contributed by atoms with E-state index in [0.29, 0.717) is 0 Å². The molecule has 1 aromatic heterocycles. The first-order valence-electron chi connectivity index (χ1n) is 4.42. The van der Waals surface area contributed by atoms with Gasteiger partial charge in [0.2, 0.25) is 11.7 Å². The highest BCUT2D eigenvalue weighted by Gasteiger charge is 2.28. The molecule has 0 bridgehead atoms. The summed E-state index contributed by atoms with van der Waals surface area (Å²) in [5, 5.41) is 9.61. The van der Waals surface area contributed by atoms with Crippen LogP contribution in [0.3, 0.4) is 0 Å². The molecule has 0 radical (unpaired) electrons. The molecular formula is C9H12BrNO4. The minimum atomic E-state index is -1.23. The summed E-state index contributed by atoms with van der Waals surface area (Å²) in [5.74, 6) is -0.571. The van der Waals surface area contributed by atoms with E-state index in [2.05, 4.69) is 20.9 Å². The first-order chi connectivity index (χ1) is 6.86. The van der Waals surface area contributed by atoms with E-state index in [-0.39, 0.29) is 22.9 Å². The second-order valence-electron chi connectivity index (χ2n) is 3.42. The summed E-state index contributed by atoms with van der Waals surface area (Å²) in [5.41, 5.74) is -1.23. The van der Waals surface area contributed by atoms with Crippen molar-refractivity contribution in [2.75, 3.05) is 6.61 Å². The molecule has 0 unspecified atom stereocenters. The first-order valence-corrected chi connectivity index (χ1v) is 5.22. The molecule has 0 aliphatic carbocycles. The van der Waals surface area contributed by atoms with Gasteiger partial charge in [0.15, 0.2) is 4.60 Å². The Hall–Kier alpha value is -0.880. The van der Waals surface area contributed by atoms with Crippen LogP contribution in [0.4, 0.5) is 0 Å². The Bertz CT molecular complexity index is 367. The Balaban J connectivity index is 3.02. The van der Waals surface area contributed by atoms with Crippen molar-refractivity contribution in [2.24, 2.45) is 0 Å². The normalized spacial score (nSPS) is 11.5. The fourth-order valence-corrected chi connectivity index (χ4v) is 1.29. The van der Waals surface area contributed by atoms with Gasteiger partial charge < -0.3 is 14.3 Å². The molecule has 0 saturated heterocycles. The summed E-state index contributed by atoms with van der Waals surface area (Å²) in [6, 6.07) is 0. The Labute approximate surface area is 95.6 Å². The molecule has 0 aliphatic rings. The molecule has 1 heterocycles. The van der Waals surface area contributed by atoms with Crippen molar-refractivity contribution in [3.05, 3.63) is 16.3 Å². The van der Waals surface area contributed by atoms with E-state index in [4.69, 9.17) is 9.15 Å². The lowest BCUT2D eigenvalue weighted by molar-refractivity contribution is 0.0386. The van der Waals surface area contributed by atoms with Gasteiger partial charge in [0.1, 0.15) is 5.60 Å². The fraction of sp³-hybridized carbons (Fsp3) is 0.556. The van der Waals surface area contributed by atoms with Crippen LogP contribution in [-0.2, 0) is 10.3 Å². The number of nitrogens with zero attached hydrogens (tertiary/aromatic N) is 1. The lowest BCUT2D eigenvalue weighted by Crippen LogP contribution is -2.15. The van der Waals surface area contributed by atoms with E-state index in [1.807, 2.05) is 0 Å². The van der Waals surface area contributed by atoms with Gasteiger partial charge >= 0.3 is 5.97 Å². The summed E-state index contributed by atoms with van der Waals surface area (Å²) in [6.45, 7) is 4.98. The summed E-state index contributed by atoms with van der Waals surface area (Å²) >= 11 is 3.06. The Morgan fingerprint density at radius 2 is 2.27 bits per heavy atom. The summed E-state index contributed by atoms with van der Waals surface area (Å²) in [6.07, 6.45) is 0. The van der Waals surface area contributed by atoms with Crippen LogP contribution in [0.1, 0.15) is 37.2 Å². The second kappa shape index (κ2) is 4.32. The second-order valence-corrected chi connectivity index (χ2v) is 4.17. The smallest absolute Gasteiger partial charge is 0.377 e. The third-order valence-corrected chi connectivity index (χ3v) is 2.11. The monoisotopic (exact) mass is 277 g/mol. The standard InChI is InChI=1S/C9H12BrNO4/c1-4-14-7(12)5-6(10)11-8(15-5)9(2,3)13/h13H,4H2,1-3H3. The molecule has 0 saturated carbocycles. The molecular weight excluding hydrogens is 266 g/mol. The zero-order valence-corrected chi connectivity index (χ0v) is 10.3. The van der Waals surface area contributed by atoms with Crippen LogP contribution in [0, 0.1) is 0 Å². The zero-order chi connectivity index (χ0) is 11.6. The number of carbonyl (C=O) groups excluding carboxylic acids is 1. The third kappa shape index (κ3) is 2.79. The van der Waals surface area contributed by atoms with Crippen LogP contribution in [0.25, 0.3) is 0 Å². The van der Waals surface area contributed by atoms with E-state index in [9.17, 15) is 9.90 Å². The summed E-state index contributed by atoms with van der Waals surface area (Å²) in [7, 11) is 0. The number of aromatic nitrogens is 1. The van der Waals surface area contributed by atoms with Crippen molar-refractivity contribution in [2.45, 2.75) is 26.4 Å². The number of carbonyl (C=O) groups is 1. The van der Waals surface area contributed by atoms with E-state index >= 15 is 0 Å². The van der Waals surface area contributed by atoms with Crippen LogP contribution >= 0.6 is 15.9 Å². The average molecular weight is 278 g/mol. The zero-order valence-electron chi connectivity index (χ0n) is 8.70. The van der Waals surface area contributed by atoms with Crippen molar-refractivity contribution in [1.29, 1.82) is 0 Å². The highest BCUT2D eigenvalue weighted by Crippen LogP contribution is 2.25. The van der Waals surface area contributed by atoms with Gasteiger partial charge in [-0.05, 0) is 36.7 Å². The summed E-state index contributed by atoms with van der Waals surface area (Å²) in [4.78, 5) is 15.2. The van der Waals surface area contributed by atoms with Gasteiger partial charge in [0.25, 0.3) is 0 Å². The molecule has 0 aromatic carbocycles. The first kappa shape index (κ1) is 12.2. The quantitative estimate of drug-likeness (QED) is 0.854. The number of ether oxygens (including phenoxy) is 1. The molecule has 0 fully saturated rings. The van der Waals surface area contributed by atoms with Crippen molar-refractivity contribution in [3.8, 4) is 0 Å². The third-order valence-electron chi connectivity index (χ3n) is 1.57. The number of halogens is 1. The van der Waals surface area contributed by atoms with Crippen LogP contribution < -0.4 is 0 Å². The largest absolute Gasteiger partial charge is 0.460 e. The van der Waals surface area contributed by atoms with E-state index in [1.165, 1.54) is 13.8 Å². The van der Waals surface area contributed by atoms with Gasteiger partial charge in [-0.1, -0.05) is 0 Å². The van der Waals surface area contributed by atoms with Crippen molar-refractivity contribution in [1.82, 2.24) is 4.98 Å². The average Bonchev–Trinajstić information content (AvgIpc) is 2.47. The number of rotatable bonds is 3. The molecule has 1 N–H and O–H groups in total. The molecule has 0 aliphatic heterocycles. The van der Waals surface area contributed by atoms with Gasteiger partial charge in [0.05, 0.1) is 6.61 Å². The minimum Gasteiger partial charge on any atom is -0.460 e. The number of hydrogen-bond acceptors (Lipinski definition) is 5. The lowest BCUT2D eigenvalue weighted by atomic mass is 10.1. The molecule has 1 rings (SSSR count). The number of hydrogen-bond donors (Lipinski definition) is 1. The fourth-order valence-electron chi connectivity index (χ4n) is 0.886. The van der Waals surface area contributed by atoms with Gasteiger partial charge in [-0.25, -0.2) is 9.78 Å². The number of oxazole rings is 1. The van der Waals surface area contributed by atoms with Crippen LogP contribution in [-0.4, -0.2) is 22.7 Å². The van der Waals surface area contributed by atoms with E-state index < -0.39 is 11.6 Å². The maximum Gasteiger partial charge on any atom is 0.377 e. The Morgan fingerprint density at radius 3 is 2.67 bits per heavy atom. The summed E-state index contributed by atoms with van der Waals surface area (Å²) < 4.78 is 10.1. The van der Waals surface area contributed by atoms with Crippen LogP contribution in [0.15, 0.2) is 9.02 Å². The van der Waals surface area contributed by atoms with E-state index in [1.54, 1.807) is 6.92 Å². The van der Waals surface area contributed by atoms with Gasteiger partial charge in [-0.15, -0.1) is 0 Å². The van der Waals surface area contributed by atoms with Gasteiger partial charge in [-0.3, -0.25) is 0 Å². The molecule has 0 spiro atoms. The van der Waals surface area contributed by atoms with Crippen LogP contribution in [0.5, 0.6) is 0 Å². The topological polar surface area (TPSA) is 72.6 Å². The molecule has 15 heavy (non-hydrogen) atoms. The van der Waals surface area contributed by atoms with Crippen molar-refractivity contribution < 1.29 is 19.1 Å². The van der Waals surface area contributed by atoms with Gasteiger partial charge in [-0.2, -0.15) is 0 Å². The molecule has 6 heteroatoms. The SMILES string of the molecule is CCOC(=O)c1oc(C(C)(C)O)nc1Br. The van der Waals surface area contributed by atoms with Crippen LogP contribution in [0.2, 0.25) is 0 Å². The molecule has 1 aromatic rings. The lowest BCUT2D eigenvalue weighted by Gasteiger charge is -2.10. The number of aliphatic hydroxyl groups is 1. The highest BCUT2D eigenvalue weighted by molar-refractivity contribution is 9.10. The minimum absolute atomic E-state index is 0.0334. The maximum atomic E-state index is 11.3. The number of esters is 1. The Kier molecular flexibility index (Phi) is 3.51. The predicted molar refractivity (Wildman–Crippen MR) is 55.4 cm³/mol. The predicted octanol–water partition coefficient (Wildman–Crippen LogP) is 1.84. The van der Waals surface area contributed by atoms with E-state index in [0.717, 1.165) is 0 Å². The van der Waals surface area contributed by atoms with Gasteiger partial charge in [0, 0.05) is 0 Å². The Morgan fingerprint density at radius 1 is 1.67 bits per heavy atom. The van der Waals surface area contributed by atoms with Crippen molar-refractivity contribution in [3.63, 3.8) is 0 Å². The molecule has 0 amide bonds. The molecule has 0 atom stereocenters. The molecule has 5 nitrogen and oxygen atoms in total. The molecule has 84 valence electrons. The highest BCUT2D eigenvalue weighted by atomic mass is 79.9.